The monoisotopic (exact) mass is 254 g/mol. The number of carboxylic acids is 1. The number of aromatic carboxylic acids is 1. The van der Waals surface area contributed by atoms with Gasteiger partial charge in [-0.25, -0.2) is 9.78 Å². The van der Waals surface area contributed by atoms with Crippen LogP contribution in [0, 0.1) is 5.92 Å². The van der Waals surface area contributed by atoms with Crippen molar-refractivity contribution in [3.05, 3.63) is 18.2 Å². The topological polar surface area (TPSA) is 110 Å². The Kier molecular flexibility index (Phi) is 4.85. The fourth-order valence-electron chi connectivity index (χ4n) is 1.32. The largest absolute Gasteiger partial charge is 0.476 e. The van der Waals surface area contributed by atoms with Gasteiger partial charge in [-0.3, -0.25) is 4.79 Å². The number of hydrogen-bond donors (Lipinski definition) is 3. The summed E-state index contributed by atoms with van der Waals surface area (Å²) in [5.74, 6) is -1.19. The Balaban J connectivity index is 2.37. The number of imidazole rings is 1. The standard InChI is InChI=1S/C11H18N4O3/c1-7(2)9(12)10(16)13-3-4-15-5-8(11(17)18)14-6-15/h5-7,9H,3-4,12H2,1-2H3,(H,13,16)(H,17,18)/t9-/m1/s1. The SMILES string of the molecule is CC(C)[C@@H](N)C(=O)NCCn1cnc(C(=O)O)c1. The van der Waals surface area contributed by atoms with Crippen LogP contribution >= 0.6 is 0 Å². The van der Waals surface area contributed by atoms with Crippen LogP contribution in [0.3, 0.4) is 0 Å². The number of carboxylic acid groups (broad SMARTS) is 1. The lowest BCUT2D eigenvalue weighted by molar-refractivity contribution is -0.123. The molecule has 0 unspecified atom stereocenters. The van der Waals surface area contributed by atoms with Crippen LogP contribution in [-0.4, -0.2) is 39.1 Å². The molecule has 1 amide bonds. The lowest BCUT2D eigenvalue weighted by atomic mass is 10.1. The van der Waals surface area contributed by atoms with E-state index in [1.165, 1.54) is 12.5 Å². The molecular weight excluding hydrogens is 236 g/mol. The summed E-state index contributed by atoms with van der Waals surface area (Å²) in [5.41, 5.74) is 5.66. The molecule has 1 aromatic heterocycles. The number of amides is 1. The highest BCUT2D eigenvalue weighted by molar-refractivity contribution is 5.84. The number of rotatable bonds is 6. The minimum absolute atomic E-state index is 0.0137. The number of aromatic nitrogens is 2. The van der Waals surface area contributed by atoms with Crippen LogP contribution in [0.15, 0.2) is 12.5 Å². The molecule has 18 heavy (non-hydrogen) atoms. The van der Waals surface area contributed by atoms with E-state index in [4.69, 9.17) is 10.8 Å². The van der Waals surface area contributed by atoms with Crippen LogP contribution in [0.2, 0.25) is 0 Å². The zero-order valence-corrected chi connectivity index (χ0v) is 10.5. The summed E-state index contributed by atoms with van der Waals surface area (Å²) in [6.07, 6.45) is 2.83. The normalized spacial score (nSPS) is 12.4. The Morgan fingerprint density at radius 1 is 1.56 bits per heavy atom. The highest BCUT2D eigenvalue weighted by Gasteiger charge is 2.16. The van der Waals surface area contributed by atoms with Crippen molar-refractivity contribution in [1.82, 2.24) is 14.9 Å². The molecule has 1 heterocycles. The van der Waals surface area contributed by atoms with Crippen molar-refractivity contribution in [3.8, 4) is 0 Å². The van der Waals surface area contributed by atoms with Gasteiger partial charge in [-0.2, -0.15) is 0 Å². The minimum atomic E-state index is -1.07. The number of nitrogens with one attached hydrogen (secondary N) is 1. The third kappa shape index (κ3) is 3.85. The molecule has 0 aromatic carbocycles. The molecule has 0 aliphatic heterocycles. The van der Waals surface area contributed by atoms with Crippen molar-refractivity contribution in [2.45, 2.75) is 26.4 Å². The Hall–Kier alpha value is -1.89. The van der Waals surface area contributed by atoms with Gasteiger partial charge in [0, 0.05) is 19.3 Å². The van der Waals surface area contributed by atoms with Crippen LogP contribution in [0.1, 0.15) is 24.3 Å². The van der Waals surface area contributed by atoms with Crippen LogP contribution in [0.5, 0.6) is 0 Å². The summed E-state index contributed by atoms with van der Waals surface area (Å²) in [6.45, 7) is 4.59. The summed E-state index contributed by atoms with van der Waals surface area (Å²) in [4.78, 5) is 25.8. The van der Waals surface area contributed by atoms with Crippen molar-refractivity contribution in [2.24, 2.45) is 11.7 Å². The molecule has 0 saturated carbocycles. The van der Waals surface area contributed by atoms with Gasteiger partial charge in [-0.1, -0.05) is 13.8 Å². The molecule has 0 fully saturated rings. The van der Waals surface area contributed by atoms with E-state index >= 15 is 0 Å². The second-order valence-corrected chi connectivity index (χ2v) is 4.36. The summed E-state index contributed by atoms with van der Waals surface area (Å²) >= 11 is 0. The fraction of sp³-hybridized carbons (Fsp3) is 0.545. The van der Waals surface area contributed by atoms with E-state index in [9.17, 15) is 9.59 Å². The van der Waals surface area contributed by atoms with Crippen molar-refractivity contribution < 1.29 is 14.7 Å². The minimum Gasteiger partial charge on any atom is -0.476 e. The first-order valence-electron chi connectivity index (χ1n) is 5.70. The molecule has 100 valence electrons. The third-order valence-corrected chi connectivity index (χ3v) is 2.54. The average Bonchev–Trinajstić information content (AvgIpc) is 2.76. The number of nitrogens with two attached hydrogens (primary N) is 1. The molecule has 1 aromatic rings. The predicted octanol–water partition coefficient (Wildman–Crippen LogP) is -0.319. The van der Waals surface area contributed by atoms with Gasteiger partial charge in [-0.15, -0.1) is 0 Å². The lowest BCUT2D eigenvalue weighted by Crippen LogP contribution is -2.44. The van der Waals surface area contributed by atoms with Crippen molar-refractivity contribution in [3.63, 3.8) is 0 Å². The Labute approximate surface area is 105 Å². The van der Waals surface area contributed by atoms with Crippen LogP contribution in [0.25, 0.3) is 0 Å². The smallest absolute Gasteiger partial charge is 0.356 e. The van der Waals surface area contributed by atoms with E-state index in [1.807, 2.05) is 13.8 Å². The predicted molar refractivity (Wildman–Crippen MR) is 65.0 cm³/mol. The van der Waals surface area contributed by atoms with E-state index in [-0.39, 0.29) is 17.5 Å². The summed E-state index contributed by atoms with van der Waals surface area (Å²) in [7, 11) is 0. The van der Waals surface area contributed by atoms with Gasteiger partial charge in [0.05, 0.1) is 12.4 Å². The highest BCUT2D eigenvalue weighted by Crippen LogP contribution is 1.98. The van der Waals surface area contributed by atoms with Crippen LogP contribution in [0.4, 0.5) is 0 Å². The molecule has 4 N–H and O–H groups in total. The van der Waals surface area contributed by atoms with Crippen molar-refractivity contribution in [2.75, 3.05) is 6.54 Å². The van der Waals surface area contributed by atoms with Gasteiger partial charge >= 0.3 is 5.97 Å². The van der Waals surface area contributed by atoms with Crippen molar-refractivity contribution in [1.29, 1.82) is 0 Å². The van der Waals surface area contributed by atoms with E-state index in [0.29, 0.717) is 13.1 Å². The third-order valence-electron chi connectivity index (χ3n) is 2.54. The summed E-state index contributed by atoms with van der Waals surface area (Å²) in [5, 5.41) is 11.4. The molecule has 1 rings (SSSR count). The zero-order valence-electron chi connectivity index (χ0n) is 10.5. The highest BCUT2D eigenvalue weighted by atomic mass is 16.4. The maximum absolute atomic E-state index is 11.5. The van der Waals surface area contributed by atoms with Gasteiger partial charge in [0.1, 0.15) is 0 Å². The first-order chi connectivity index (χ1) is 8.41. The molecule has 0 spiro atoms. The molecule has 0 saturated heterocycles. The Morgan fingerprint density at radius 2 is 2.22 bits per heavy atom. The first-order valence-corrected chi connectivity index (χ1v) is 5.70. The van der Waals surface area contributed by atoms with E-state index in [2.05, 4.69) is 10.3 Å². The number of carbonyl (C=O) groups excluding carboxylic acids is 1. The molecule has 0 aliphatic rings. The van der Waals surface area contributed by atoms with Gasteiger partial charge in [0.2, 0.25) is 5.91 Å². The quantitative estimate of drug-likeness (QED) is 0.644. The first kappa shape index (κ1) is 14.2. The van der Waals surface area contributed by atoms with Crippen LogP contribution < -0.4 is 11.1 Å². The maximum Gasteiger partial charge on any atom is 0.356 e. The van der Waals surface area contributed by atoms with Gasteiger partial charge in [0.15, 0.2) is 5.69 Å². The molecule has 7 heteroatoms. The van der Waals surface area contributed by atoms with E-state index in [1.54, 1.807) is 4.57 Å². The second kappa shape index (κ2) is 6.15. The van der Waals surface area contributed by atoms with Gasteiger partial charge in [-0.05, 0) is 5.92 Å². The molecule has 1 atom stereocenters. The van der Waals surface area contributed by atoms with Gasteiger partial charge < -0.3 is 20.7 Å². The molecular formula is C11H18N4O3. The Morgan fingerprint density at radius 3 is 2.72 bits per heavy atom. The number of nitrogens with zero attached hydrogens (tertiary/aromatic N) is 2. The zero-order chi connectivity index (χ0) is 13.7. The molecule has 0 bridgehead atoms. The lowest BCUT2D eigenvalue weighted by Gasteiger charge is -2.15. The van der Waals surface area contributed by atoms with E-state index < -0.39 is 12.0 Å². The average molecular weight is 254 g/mol. The summed E-state index contributed by atoms with van der Waals surface area (Å²) < 4.78 is 1.60. The molecule has 0 radical (unpaired) electrons. The number of hydrogen-bond acceptors (Lipinski definition) is 4. The number of carbonyl (C=O) groups is 2. The Bertz CT molecular complexity index is 428. The maximum atomic E-state index is 11.5. The fourth-order valence-corrected chi connectivity index (χ4v) is 1.32. The van der Waals surface area contributed by atoms with Gasteiger partial charge in [0.25, 0.3) is 0 Å². The summed E-state index contributed by atoms with van der Waals surface area (Å²) in [6, 6.07) is -0.526. The van der Waals surface area contributed by atoms with Crippen molar-refractivity contribution >= 4 is 11.9 Å². The molecule has 0 aliphatic carbocycles. The second-order valence-electron chi connectivity index (χ2n) is 4.36. The van der Waals surface area contributed by atoms with E-state index in [0.717, 1.165) is 0 Å². The molecule has 7 nitrogen and oxygen atoms in total. The van der Waals surface area contributed by atoms with Crippen LogP contribution in [-0.2, 0) is 11.3 Å².